The summed E-state index contributed by atoms with van der Waals surface area (Å²) in [5.74, 6) is 2.02. The first-order valence-electron chi connectivity index (χ1n) is 7.00. The maximum Gasteiger partial charge on any atom is 0.227 e. The quantitative estimate of drug-likeness (QED) is 0.585. The molecule has 0 saturated carbocycles. The Hall–Kier alpha value is -1.11. The van der Waals surface area contributed by atoms with Crippen molar-refractivity contribution in [1.82, 2.24) is 25.1 Å². The summed E-state index contributed by atoms with van der Waals surface area (Å²) in [7, 11) is 0. The van der Waals surface area contributed by atoms with Crippen LogP contribution >= 0.6 is 11.8 Å². The molecule has 3 rings (SSSR count). The molecule has 1 aromatic rings. The lowest BCUT2D eigenvalue weighted by atomic mass is 10.1. The highest BCUT2D eigenvalue weighted by Crippen LogP contribution is 2.45. The number of unbranched alkanes of at least 4 members (excludes halogenated alkanes) is 3. The molecule has 2 aliphatic rings. The van der Waals surface area contributed by atoms with E-state index in [9.17, 15) is 4.79 Å². The van der Waals surface area contributed by atoms with Gasteiger partial charge in [-0.1, -0.05) is 26.2 Å². The Morgan fingerprint density at radius 3 is 3.05 bits per heavy atom. The summed E-state index contributed by atoms with van der Waals surface area (Å²) in [6, 6.07) is 0.0809. The lowest BCUT2D eigenvalue weighted by Gasteiger charge is -2.36. The SMILES string of the molecule is CCCCCCn1nnnc1C1CSC2CC(=O)N21. The number of amides is 1. The van der Waals surface area contributed by atoms with Gasteiger partial charge in [-0.2, -0.15) is 0 Å². The van der Waals surface area contributed by atoms with Crippen LogP contribution in [0.25, 0.3) is 0 Å². The van der Waals surface area contributed by atoms with E-state index in [0.29, 0.717) is 11.8 Å². The van der Waals surface area contributed by atoms with Gasteiger partial charge in [0.05, 0.1) is 11.8 Å². The van der Waals surface area contributed by atoms with E-state index >= 15 is 0 Å². The predicted octanol–water partition coefficient (Wildman–Crippen LogP) is 1.60. The average molecular weight is 281 g/mol. The Morgan fingerprint density at radius 1 is 1.37 bits per heavy atom. The number of carbonyl (C=O) groups excluding carboxylic acids is 1. The Labute approximate surface area is 116 Å². The van der Waals surface area contributed by atoms with Gasteiger partial charge in [-0.15, -0.1) is 16.9 Å². The first-order valence-corrected chi connectivity index (χ1v) is 8.05. The number of fused-ring (bicyclic) bond motifs is 1. The molecule has 1 amide bonds. The van der Waals surface area contributed by atoms with Gasteiger partial charge in [-0.25, -0.2) is 4.68 Å². The van der Waals surface area contributed by atoms with Crippen LogP contribution in [0.5, 0.6) is 0 Å². The van der Waals surface area contributed by atoms with Crippen molar-refractivity contribution in [3.05, 3.63) is 5.82 Å². The number of aryl methyl sites for hydroxylation is 1. The molecule has 2 atom stereocenters. The second kappa shape index (κ2) is 5.48. The fourth-order valence-electron chi connectivity index (χ4n) is 2.69. The molecule has 2 aliphatic heterocycles. The molecule has 19 heavy (non-hydrogen) atoms. The van der Waals surface area contributed by atoms with Gasteiger partial charge in [0.2, 0.25) is 5.91 Å². The lowest BCUT2D eigenvalue weighted by Crippen LogP contribution is -2.48. The summed E-state index contributed by atoms with van der Waals surface area (Å²) in [5, 5.41) is 12.4. The Bertz CT molecular complexity index is 463. The smallest absolute Gasteiger partial charge is 0.227 e. The zero-order valence-corrected chi connectivity index (χ0v) is 12.0. The van der Waals surface area contributed by atoms with Gasteiger partial charge in [0, 0.05) is 12.3 Å². The Kier molecular flexibility index (Phi) is 3.72. The molecule has 3 heterocycles. The lowest BCUT2D eigenvalue weighted by molar-refractivity contribution is -0.143. The Morgan fingerprint density at radius 2 is 2.26 bits per heavy atom. The van der Waals surface area contributed by atoms with Crippen molar-refractivity contribution in [2.45, 2.75) is 57.0 Å². The van der Waals surface area contributed by atoms with Crippen LogP contribution in [-0.4, -0.2) is 42.1 Å². The molecule has 0 N–H and O–H groups in total. The van der Waals surface area contributed by atoms with Gasteiger partial charge in [0.25, 0.3) is 0 Å². The minimum atomic E-state index is 0.0809. The summed E-state index contributed by atoms with van der Waals surface area (Å²) >= 11 is 1.84. The minimum Gasteiger partial charge on any atom is -0.319 e. The molecule has 2 fully saturated rings. The second-order valence-electron chi connectivity index (χ2n) is 5.13. The van der Waals surface area contributed by atoms with E-state index in [-0.39, 0.29) is 11.9 Å². The fraction of sp³-hybridized carbons (Fsp3) is 0.833. The second-order valence-corrected chi connectivity index (χ2v) is 6.34. The molecule has 2 unspecified atom stereocenters. The largest absolute Gasteiger partial charge is 0.319 e. The number of rotatable bonds is 6. The summed E-state index contributed by atoms with van der Waals surface area (Å²) in [6.07, 6.45) is 5.47. The van der Waals surface area contributed by atoms with Crippen LogP contribution < -0.4 is 0 Å². The molecule has 1 aromatic heterocycles. The number of aromatic nitrogens is 4. The number of tetrazole rings is 1. The van der Waals surface area contributed by atoms with Gasteiger partial charge in [-0.05, 0) is 16.8 Å². The van der Waals surface area contributed by atoms with Gasteiger partial charge < -0.3 is 4.90 Å². The first-order chi connectivity index (χ1) is 9.31. The zero-order chi connectivity index (χ0) is 13.2. The summed E-state index contributed by atoms with van der Waals surface area (Å²) < 4.78 is 1.88. The molecule has 0 aliphatic carbocycles. The van der Waals surface area contributed by atoms with Gasteiger partial charge in [-0.3, -0.25) is 4.79 Å². The van der Waals surface area contributed by atoms with Crippen LogP contribution in [0.2, 0.25) is 0 Å². The van der Waals surface area contributed by atoms with E-state index < -0.39 is 0 Å². The van der Waals surface area contributed by atoms with Crippen molar-refractivity contribution >= 4 is 17.7 Å². The van der Waals surface area contributed by atoms with Crippen LogP contribution in [0.15, 0.2) is 0 Å². The van der Waals surface area contributed by atoms with Crippen molar-refractivity contribution in [3.63, 3.8) is 0 Å². The van der Waals surface area contributed by atoms with Crippen molar-refractivity contribution in [1.29, 1.82) is 0 Å². The van der Waals surface area contributed by atoms with Gasteiger partial charge >= 0.3 is 0 Å². The molecule has 0 radical (unpaired) electrons. The summed E-state index contributed by atoms with van der Waals surface area (Å²) in [5.41, 5.74) is 0. The standard InChI is InChI=1S/C12H19N5OS/c1-2-3-4-5-6-16-12(13-14-15-16)9-8-19-11-7-10(18)17(9)11/h9,11H,2-8H2,1H3. The maximum atomic E-state index is 11.7. The zero-order valence-electron chi connectivity index (χ0n) is 11.2. The molecule has 0 bridgehead atoms. The first kappa shape index (κ1) is 12.9. The molecule has 7 heteroatoms. The van der Waals surface area contributed by atoms with Crippen LogP contribution in [0.1, 0.15) is 50.9 Å². The molecule has 2 saturated heterocycles. The van der Waals surface area contributed by atoms with E-state index in [1.807, 2.05) is 21.3 Å². The number of β-lactam (4-membered cyclic amide) rings is 1. The number of hydrogen-bond donors (Lipinski definition) is 0. The van der Waals surface area contributed by atoms with Crippen LogP contribution in [-0.2, 0) is 11.3 Å². The number of hydrogen-bond acceptors (Lipinski definition) is 5. The van der Waals surface area contributed by atoms with Crippen molar-refractivity contribution in [3.8, 4) is 0 Å². The van der Waals surface area contributed by atoms with Gasteiger partial charge in [0.15, 0.2) is 5.82 Å². The van der Waals surface area contributed by atoms with E-state index in [0.717, 1.165) is 24.5 Å². The molecule has 104 valence electrons. The highest BCUT2D eigenvalue weighted by atomic mass is 32.2. The van der Waals surface area contributed by atoms with E-state index in [1.165, 1.54) is 19.3 Å². The molecule has 0 aromatic carbocycles. The summed E-state index contributed by atoms with van der Waals surface area (Å²) in [4.78, 5) is 13.6. The van der Waals surface area contributed by atoms with Gasteiger partial charge in [0.1, 0.15) is 6.04 Å². The van der Waals surface area contributed by atoms with Crippen molar-refractivity contribution < 1.29 is 4.79 Å². The predicted molar refractivity (Wildman–Crippen MR) is 72.4 cm³/mol. The Balaban J connectivity index is 1.65. The monoisotopic (exact) mass is 281 g/mol. The highest BCUT2D eigenvalue weighted by Gasteiger charge is 2.48. The van der Waals surface area contributed by atoms with Crippen molar-refractivity contribution in [2.24, 2.45) is 0 Å². The van der Waals surface area contributed by atoms with E-state index in [4.69, 9.17) is 0 Å². The van der Waals surface area contributed by atoms with Crippen molar-refractivity contribution in [2.75, 3.05) is 5.75 Å². The maximum absolute atomic E-state index is 11.7. The third-order valence-corrected chi connectivity index (χ3v) is 5.10. The topological polar surface area (TPSA) is 63.9 Å². The average Bonchev–Trinajstić information content (AvgIpc) is 2.97. The number of thioether (sulfide) groups is 1. The number of carbonyl (C=O) groups is 1. The molecule has 6 nitrogen and oxygen atoms in total. The molecule has 0 spiro atoms. The summed E-state index contributed by atoms with van der Waals surface area (Å²) in [6.45, 7) is 3.06. The van der Waals surface area contributed by atoms with Crippen LogP contribution in [0, 0.1) is 0 Å². The fourth-order valence-corrected chi connectivity index (χ4v) is 4.09. The van der Waals surface area contributed by atoms with Crippen LogP contribution in [0.4, 0.5) is 0 Å². The molecular weight excluding hydrogens is 262 g/mol. The minimum absolute atomic E-state index is 0.0809. The van der Waals surface area contributed by atoms with E-state index in [1.54, 1.807) is 0 Å². The van der Waals surface area contributed by atoms with Crippen LogP contribution in [0.3, 0.4) is 0 Å². The third kappa shape index (κ3) is 2.35. The third-order valence-electron chi connectivity index (χ3n) is 3.81. The number of nitrogens with zero attached hydrogens (tertiary/aromatic N) is 5. The molecular formula is C12H19N5OS. The highest BCUT2D eigenvalue weighted by molar-refractivity contribution is 8.00. The van der Waals surface area contributed by atoms with E-state index in [2.05, 4.69) is 22.4 Å². The normalized spacial score (nSPS) is 25.5.